The highest BCUT2D eigenvalue weighted by Gasteiger charge is 2.40. The molecule has 24 heavy (non-hydrogen) atoms. The summed E-state index contributed by atoms with van der Waals surface area (Å²) in [4.78, 5) is 18.8. The van der Waals surface area contributed by atoms with E-state index in [9.17, 15) is 4.79 Å². The van der Waals surface area contributed by atoms with Crippen molar-refractivity contribution in [2.45, 2.75) is 58.6 Å². The lowest BCUT2D eigenvalue weighted by molar-refractivity contribution is 0.105. The first kappa shape index (κ1) is 17.2. The molecule has 134 valence electrons. The van der Waals surface area contributed by atoms with Crippen molar-refractivity contribution in [3.05, 3.63) is 11.7 Å². The number of amides is 2. The number of hydrogen-bond acceptors (Lipinski definition) is 5. The topological polar surface area (TPSA) is 80.5 Å². The maximum absolute atomic E-state index is 12.7. The Morgan fingerprint density at radius 3 is 2.75 bits per heavy atom. The van der Waals surface area contributed by atoms with Crippen LogP contribution in [0.3, 0.4) is 0 Å². The molecule has 2 fully saturated rings. The van der Waals surface area contributed by atoms with Gasteiger partial charge in [0.05, 0.1) is 6.10 Å². The van der Waals surface area contributed by atoms with Crippen molar-refractivity contribution in [1.82, 2.24) is 20.4 Å². The van der Waals surface area contributed by atoms with Crippen molar-refractivity contribution in [2.75, 3.05) is 20.2 Å². The third kappa shape index (κ3) is 3.41. The first-order valence-electron chi connectivity index (χ1n) is 8.78. The summed E-state index contributed by atoms with van der Waals surface area (Å²) in [6.45, 7) is 7.47. The molecule has 0 aromatic carbocycles. The summed E-state index contributed by atoms with van der Waals surface area (Å²) in [6.07, 6.45) is 4.51. The largest absolute Gasteiger partial charge is 0.380 e. The summed E-state index contributed by atoms with van der Waals surface area (Å²) in [7, 11) is 1.67. The van der Waals surface area contributed by atoms with Crippen molar-refractivity contribution >= 4 is 6.03 Å². The van der Waals surface area contributed by atoms with Crippen LogP contribution < -0.4 is 5.32 Å². The maximum atomic E-state index is 12.7. The molecular weight excluding hydrogens is 308 g/mol. The Labute approximate surface area is 143 Å². The number of aromatic nitrogens is 2. The fourth-order valence-corrected chi connectivity index (χ4v) is 3.61. The van der Waals surface area contributed by atoms with Crippen LogP contribution in [0.2, 0.25) is 0 Å². The van der Waals surface area contributed by atoms with E-state index in [1.165, 1.54) is 19.3 Å². The Kier molecular flexibility index (Phi) is 4.80. The standard InChI is InChI=1S/C17H28N4O3/c1-11-19-15(24-20-11)14-8-13(23-4)9-21(14)16(22)18-10-17(2,3)12-6-5-7-12/h12-14H,5-10H2,1-4H3,(H,18,22)/t13-,14+/m0/s1. The smallest absolute Gasteiger partial charge is 0.318 e. The first-order chi connectivity index (χ1) is 11.4. The third-order valence-electron chi connectivity index (χ3n) is 5.59. The van der Waals surface area contributed by atoms with E-state index in [4.69, 9.17) is 9.26 Å². The molecule has 2 amide bonds. The van der Waals surface area contributed by atoms with Gasteiger partial charge >= 0.3 is 6.03 Å². The summed E-state index contributed by atoms with van der Waals surface area (Å²) in [6, 6.07) is -0.300. The Bertz CT molecular complexity index is 582. The number of carbonyl (C=O) groups excluding carboxylic acids is 1. The summed E-state index contributed by atoms with van der Waals surface area (Å²) >= 11 is 0. The zero-order chi connectivity index (χ0) is 17.3. The highest BCUT2D eigenvalue weighted by Crippen LogP contribution is 2.41. The number of hydrogen-bond donors (Lipinski definition) is 1. The molecule has 1 aliphatic heterocycles. The minimum absolute atomic E-state index is 0.00685. The van der Waals surface area contributed by atoms with E-state index < -0.39 is 0 Å². The zero-order valence-electron chi connectivity index (χ0n) is 15.0. The second-order valence-corrected chi connectivity index (χ2v) is 7.72. The van der Waals surface area contributed by atoms with Gasteiger partial charge in [-0.3, -0.25) is 0 Å². The summed E-state index contributed by atoms with van der Waals surface area (Å²) < 4.78 is 10.7. The predicted octanol–water partition coefficient (Wildman–Crippen LogP) is 2.68. The van der Waals surface area contributed by atoms with Gasteiger partial charge in [0.2, 0.25) is 5.89 Å². The second kappa shape index (κ2) is 6.70. The van der Waals surface area contributed by atoms with Crippen molar-refractivity contribution in [1.29, 1.82) is 0 Å². The number of rotatable bonds is 5. The SMILES string of the molecule is CO[C@H]1C[C@H](c2nc(C)no2)N(C(=O)NCC(C)(C)C2CCC2)C1. The van der Waals surface area contributed by atoms with Crippen molar-refractivity contribution in [3.63, 3.8) is 0 Å². The highest BCUT2D eigenvalue weighted by molar-refractivity contribution is 5.75. The van der Waals surface area contributed by atoms with Gasteiger partial charge in [-0.1, -0.05) is 25.4 Å². The minimum Gasteiger partial charge on any atom is -0.380 e. The van der Waals surface area contributed by atoms with Gasteiger partial charge in [-0.15, -0.1) is 0 Å². The molecule has 1 saturated carbocycles. The number of nitrogens with one attached hydrogen (secondary N) is 1. The number of ether oxygens (including phenoxy) is 1. The van der Waals surface area contributed by atoms with Gasteiger partial charge < -0.3 is 19.5 Å². The van der Waals surface area contributed by atoms with Gasteiger partial charge in [0.25, 0.3) is 0 Å². The van der Waals surface area contributed by atoms with Gasteiger partial charge in [-0.05, 0) is 31.1 Å². The molecule has 1 aromatic heterocycles. The summed E-state index contributed by atoms with van der Waals surface area (Å²) in [5.74, 6) is 1.77. The van der Waals surface area contributed by atoms with E-state index in [1.807, 2.05) is 0 Å². The molecule has 0 radical (unpaired) electrons. The second-order valence-electron chi connectivity index (χ2n) is 7.72. The van der Waals surface area contributed by atoms with Crippen molar-refractivity contribution in [3.8, 4) is 0 Å². The Morgan fingerprint density at radius 1 is 1.46 bits per heavy atom. The molecule has 2 atom stereocenters. The lowest BCUT2D eigenvalue weighted by Gasteiger charge is -2.40. The van der Waals surface area contributed by atoms with E-state index in [1.54, 1.807) is 18.9 Å². The molecule has 0 bridgehead atoms. The van der Waals surface area contributed by atoms with Crippen LogP contribution in [0.4, 0.5) is 4.79 Å². The number of nitrogens with zero attached hydrogens (tertiary/aromatic N) is 3. The predicted molar refractivity (Wildman–Crippen MR) is 88.4 cm³/mol. The molecule has 0 unspecified atom stereocenters. The maximum Gasteiger partial charge on any atom is 0.318 e. The quantitative estimate of drug-likeness (QED) is 0.894. The molecule has 0 spiro atoms. The average molecular weight is 336 g/mol. The molecular formula is C17H28N4O3. The number of likely N-dealkylation sites (tertiary alicyclic amines) is 1. The number of methoxy groups -OCH3 is 1. The Balaban J connectivity index is 1.65. The molecule has 1 saturated heterocycles. The molecule has 7 nitrogen and oxygen atoms in total. The highest BCUT2D eigenvalue weighted by atomic mass is 16.5. The molecule has 3 rings (SSSR count). The monoisotopic (exact) mass is 336 g/mol. The van der Waals surface area contributed by atoms with Crippen LogP contribution in [-0.4, -0.2) is 47.4 Å². The van der Waals surface area contributed by atoms with E-state index >= 15 is 0 Å². The molecule has 2 heterocycles. The third-order valence-corrected chi connectivity index (χ3v) is 5.59. The Hall–Kier alpha value is -1.63. The number of carbonyl (C=O) groups is 1. The lowest BCUT2D eigenvalue weighted by atomic mass is 9.67. The van der Waals surface area contributed by atoms with Crippen LogP contribution in [-0.2, 0) is 4.74 Å². The molecule has 7 heteroatoms. The number of urea groups is 1. The fourth-order valence-electron chi connectivity index (χ4n) is 3.61. The molecule has 1 aliphatic carbocycles. The van der Waals surface area contributed by atoms with Gasteiger partial charge in [0.15, 0.2) is 5.82 Å². The molecule has 2 aliphatic rings. The summed E-state index contributed by atoms with van der Waals surface area (Å²) in [5, 5.41) is 6.95. The average Bonchev–Trinajstić information content (AvgIpc) is 3.08. The Morgan fingerprint density at radius 2 is 2.21 bits per heavy atom. The van der Waals surface area contributed by atoms with Crippen LogP contribution in [0.1, 0.15) is 57.3 Å². The van der Waals surface area contributed by atoms with Crippen LogP contribution in [0.25, 0.3) is 0 Å². The van der Waals surface area contributed by atoms with Gasteiger partial charge in [0.1, 0.15) is 6.04 Å². The number of aryl methyl sites for hydroxylation is 1. The summed E-state index contributed by atoms with van der Waals surface area (Å²) in [5.41, 5.74) is 0.130. The lowest BCUT2D eigenvalue weighted by Crippen LogP contribution is -2.46. The van der Waals surface area contributed by atoms with Crippen LogP contribution >= 0.6 is 0 Å². The first-order valence-corrected chi connectivity index (χ1v) is 8.78. The van der Waals surface area contributed by atoms with E-state index in [2.05, 4.69) is 29.3 Å². The van der Waals surface area contributed by atoms with Gasteiger partial charge in [0, 0.05) is 26.6 Å². The van der Waals surface area contributed by atoms with Crippen molar-refractivity contribution < 1.29 is 14.1 Å². The van der Waals surface area contributed by atoms with E-state index in [0.29, 0.717) is 37.1 Å². The fraction of sp³-hybridized carbons (Fsp3) is 0.824. The van der Waals surface area contributed by atoms with Gasteiger partial charge in [-0.2, -0.15) is 4.98 Å². The van der Waals surface area contributed by atoms with Gasteiger partial charge in [-0.25, -0.2) is 4.79 Å². The van der Waals surface area contributed by atoms with Crippen LogP contribution in [0.15, 0.2) is 4.52 Å². The van der Waals surface area contributed by atoms with Crippen molar-refractivity contribution in [2.24, 2.45) is 11.3 Å². The van der Waals surface area contributed by atoms with Crippen LogP contribution in [0, 0.1) is 18.3 Å². The molecule has 1 aromatic rings. The van der Waals surface area contributed by atoms with Crippen LogP contribution in [0.5, 0.6) is 0 Å². The van der Waals surface area contributed by atoms with E-state index in [-0.39, 0.29) is 23.6 Å². The van der Waals surface area contributed by atoms with E-state index in [0.717, 1.165) is 0 Å². The minimum atomic E-state index is -0.219. The normalized spacial score (nSPS) is 24.9. The molecule has 1 N–H and O–H groups in total. The zero-order valence-corrected chi connectivity index (χ0v) is 15.0.